The Hall–Kier alpha value is -2.33. The smallest absolute Gasteiger partial charge is 0.337 e. The highest BCUT2D eigenvalue weighted by Crippen LogP contribution is 2.21. The van der Waals surface area contributed by atoms with Crippen molar-refractivity contribution < 1.29 is 19.4 Å². The van der Waals surface area contributed by atoms with Crippen LogP contribution in [0.15, 0.2) is 54.6 Å². The minimum Gasteiger partial charge on any atom is -0.489 e. The lowest BCUT2D eigenvalue weighted by atomic mass is 10.1. The van der Waals surface area contributed by atoms with Crippen molar-refractivity contribution in [2.24, 2.45) is 0 Å². The predicted octanol–water partition coefficient (Wildman–Crippen LogP) is 3.04. The lowest BCUT2D eigenvalue weighted by Crippen LogP contribution is -2.13. The summed E-state index contributed by atoms with van der Waals surface area (Å²) in [4.78, 5) is 11.0. The molecule has 20 heavy (non-hydrogen) atoms. The lowest BCUT2D eigenvalue weighted by Gasteiger charge is -2.12. The van der Waals surface area contributed by atoms with Crippen LogP contribution >= 0.6 is 0 Å². The number of benzene rings is 2. The van der Waals surface area contributed by atoms with Gasteiger partial charge in [-0.25, -0.2) is 4.79 Å². The summed E-state index contributed by atoms with van der Waals surface area (Å²) in [6.07, 6.45) is -0.946. The van der Waals surface area contributed by atoms with Crippen LogP contribution < -0.4 is 4.74 Å². The molecule has 0 fully saturated rings. The first kappa shape index (κ1) is 14.1. The summed E-state index contributed by atoms with van der Waals surface area (Å²) >= 11 is 0. The fourth-order valence-electron chi connectivity index (χ4n) is 1.86. The van der Waals surface area contributed by atoms with E-state index in [0.717, 1.165) is 5.56 Å². The van der Waals surface area contributed by atoms with E-state index in [0.29, 0.717) is 17.9 Å². The Balaban J connectivity index is 2.00. The van der Waals surface area contributed by atoms with Crippen LogP contribution in [0.4, 0.5) is 0 Å². The lowest BCUT2D eigenvalue weighted by molar-refractivity contribution is -0.148. The molecule has 0 aliphatic heterocycles. The standard InChI is InChI=1S/C16H16O4/c1-19-15(16(17)18)13-7-9-14(10-8-13)20-11-12-5-3-2-4-6-12/h2-10,15H,11H2,1H3,(H,17,18)/t15-/m1/s1. The first-order valence-electron chi connectivity index (χ1n) is 6.23. The van der Waals surface area contributed by atoms with E-state index < -0.39 is 12.1 Å². The number of carboxylic acids is 1. The number of rotatable bonds is 6. The third-order valence-electron chi connectivity index (χ3n) is 2.89. The van der Waals surface area contributed by atoms with Crippen LogP contribution in [0.3, 0.4) is 0 Å². The Bertz CT molecular complexity index is 548. The Labute approximate surface area is 117 Å². The second-order valence-corrected chi connectivity index (χ2v) is 4.30. The van der Waals surface area contributed by atoms with Gasteiger partial charge in [0, 0.05) is 7.11 Å². The number of ether oxygens (including phenoxy) is 2. The maximum absolute atomic E-state index is 11.0. The van der Waals surface area contributed by atoms with Gasteiger partial charge in [-0.15, -0.1) is 0 Å². The van der Waals surface area contributed by atoms with Crippen molar-refractivity contribution >= 4 is 5.97 Å². The van der Waals surface area contributed by atoms with Gasteiger partial charge in [0.1, 0.15) is 12.4 Å². The molecule has 0 aliphatic rings. The minimum atomic E-state index is -1.01. The highest BCUT2D eigenvalue weighted by molar-refractivity contribution is 5.74. The highest BCUT2D eigenvalue weighted by atomic mass is 16.5. The summed E-state index contributed by atoms with van der Waals surface area (Å²) in [6, 6.07) is 16.7. The Morgan fingerprint density at radius 2 is 1.75 bits per heavy atom. The van der Waals surface area contributed by atoms with Gasteiger partial charge in [0.15, 0.2) is 6.10 Å². The number of methoxy groups -OCH3 is 1. The van der Waals surface area contributed by atoms with Crippen molar-refractivity contribution in [2.75, 3.05) is 7.11 Å². The van der Waals surface area contributed by atoms with Gasteiger partial charge in [-0.05, 0) is 23.3 Å². The molecule has 0 saturated carbocycles. The van der Waals surface area contributed by atoms with Gasteiger partial charge in [-0.3, -0.25) is 0 Å². The number of carboxylic acid groups (broad SMARTS) is 1. The Morgan fingerprint density at radius 1 is 1.10 bits per heavy atom. The van der Waals surface area contributed by atoms with E-state index in [-0.39, 0.29) is 0 Å². The average molecular weight is 272 g/mol. The number of aliphatic carboxylic acids is 1. The quantitative estimate of drug-likeness (QED) is 0.878. The molecule has 4 nitrogen and oxygen atoms in total. The monoisotopic (exact) mass is 272 g/mol. The summed E-state index contributed by atoms with van der Waals surface area (Å²) in [5.74, 6) is -0.316. The molecule has 0 spiro atoms. The Morgan fingerprint density at radius 3 is 2.30 bits per heavy atom. The predicted molar refractivity (Wildman–Crippen MR) is 74.6 cm³/mol. The van der Waals surface area contributed by atoms with Crippen molar-refractivity contribution in [1.82, 2.24) is 0 Å². The molecule has 2 rings (SSSR count). The van der Waals surface area contributed by atoms with Crippen LogP contribution in [0.2, 0.25) is 0 Å². The first-order chi connectivity index (χ1) is 9.70. The maximum Gasteiger partial charge on any atom is 0.337 e. The average Bonchev–Trinajstić information content (AvgIpc) is 2.48. The molecular formula is C16H16O4. The molecule has 0 saturated heterocycles. The number of hydrogen-bond acceptors (Lipinski definition) is 3. The topological polar surface area (TPSA) is 55.8 Å². The van der Waals surface area contributed by atoms with Crippen molar-refractivity contribution in [3.05, 3.63) is 65.7 Å². The molecule has 0 bridgehead atoms. The van der Waals surface area contributed by atoms with Crippen LogP contribution in [-0.4, -0.2) is 18.2 Å². The largest absolute Gasteiger partial charge is 0.489 e. The molecule has 104 valence electrons. The molecular weight excluding hydrogens is 256 g/mol. The van der Waals surface area contributed by atoms with Gasteiger partial charge in [-0.2, -0.15) is 0 Å². The normalized spacial score (nSPS) is 11.8. The van der Waals surface area contributed by atoms with Crippen LogP contribution in [0, 0.1) is 0 Å². The molecule has 1 N–H and O–H groups in total. The van der Waals surface area contributed by atoms with Crippen LogP contribution in [0.1, 0.15) is 17.2 Å². The summed E-state index contributed by atoms with van der Waals surface area (Å²) in [6.45, 7) is 0.479. The zero-order valence-corrected chi connectivity index (χ0v) is 11.2. The second-order valence-electron chi connectivity index (χ2n) is 4.30. The molecule has 4 heteroatoms. The molecule has 0 heterocycles. The van der Waals surface area contributed by atoms with Crippen molar-refractivity contribution in [2.45, 2.75) is 12.7 Å². The van der Waals surface area contributed by atoms with Gasteiger partial charge in [-0.1, -0.05) is 42.5 Å². The zero-order valence-electron chi connectivity index (χ0n) is 11.2. The van der Waals surface area contributed by atoms with E-state index in [4.69, 9.17) is 14.6 Å². The minimum absolute atomic E-state index is 0.479. The summed E-state index contributed by atoms with van der Waals surface area (Å²) < 4.78 is 10.6. The molecule has 2 aromatic carbocycles. The van der Waals surface area contributed by atoms with Crippen LogP contribution in [0.25, 0.3) is 0 Å². The third kappa shape index (κ3) is 3.59. The van der Waals surface area contributed by atoms with Gasteiger partial charge in [0.25, 0.3) is 0 Å². The van der Waals surface area contributed by atoms with Crippen LogP contribution in [-0.2, 0) is 16.1 Å². The fourth-order valence-corrected chi connectivity index (χ4v) is 1.86. The number of carbonyl (C=O) groups is 1. The molecule has 0 unspecified atom stereocenters. The summed E-state index contributed by atoms with van der Waals surface area (Å²) in [5, 5.41) is 8.99. The molecule has 1 atom stereocenters. The zero-order chi connectivity index (χ0) is 14.4. The first-order valence-corrected chi connectivity index (χ1v) is 6.23. The van der Waals surface area contributed by atoms with Crippen molar-refractivity contribution in [1.29, 1.82) is 0 Å². The maximum atomic E-state index is 11.0. The fraction of sp³-hybridized carbons (Fsp3) is 0.188. The molecule has 0 aliphatic carbocycles. The molecule has 0 radical (unpaired) electrons. The van der Waals surface area contributed by atoms with E-state index in [2.05, 4.69) is 0 Å². The van der Waals surface area contributed by atoms with E-state index in [1.54, 1.807) is 24.3 Å². The SMILES string of the molecule is CO[C@@H](C(=O)O)c1ccc(OCc2ccccc2)cc1. The van der Waals surface area contributed by atoms with Crippen molar-refractivity contribution in [3.8, 4) is 5.75 Å². The van der Waals surface area contributed by atoms with Gasteiger partial charge >= 0.3 is 5.97 Å². The van der Waals surface area contributed by atoms with Gasteiger partial charge < -0.3 is 14.6 Å². The van der Waals surface area contributed by atoms with E-state index in [1.807, 2.05) is 30.3 Å². The second kappa shape index (κ2) is 6.73. The van der Waals surface area contributed by atoms with Crippen LogP contribution in [0.5, 0.6) is 5.75 Å². The third-order valence-corrected chi connectivity index (χ3v) is 2.89. The van der Waals surface area contributed by atoms with Crippen molar-refractivity contribution in [3.63, 3.8) is 0 Å². The number of hydrogen-bond donors (Lipinski definition) is 1. The summed E-state index contributed by atoms with van der Waals surface area (Å²) in [7, 11) is 1.37. The summed E-state index contributed by atoms with van der Waals surface area (Å²) in [5.41, 5.74) is 1.67. The van der Waals surface area contributed by atoms with E-state index in [1.165, 1.54) is 7.11 Å². The van der Waals surface area contributed by atoms with Gasteiger partial charge in [0.05, 0.1) is 0 Å². The van der Waals surface area contributed by atoms with E-state index >= 15 is 0 Å². The van der Waals surface area contributed by atoms with Gasteiger partial charge in [0.2, 0.25) is 0 Å². The van der Waals surface area contributed by atoms with E-state index in [9.17, 15) is 4.79 Å². The molecule has 0 aromatic heterocycles. The highest BCUT2D eigenvalue weighted by Gasteiger charge is 2.18. The molecule has 0 amide bonds. The molecule has 2 aromatic rings. The Kier molecular flexibility index (Phi) is 4.74.